The van der Waals surface area contributed by atoms with Crippen molar-refractivity contribution in [1.82, 2.24) is 14.9 Å². The van der Waals surface area contributed by atoms with Crippen LogP contribution in [0.2, 0.25) is 0 Å². The van der Waals surface area contributed by atoms with E-state index < -0.39 is 0 Å². The monoisotopic (exact) mass is 429 g/mol. The molecule has 0 radical (unpaired) electrons. The molecule has 0 saturated carbocycles. The SMILES string of the molecule is COc1ccc(C(=O)NC(C)c2nc3ccccc3n2CCOc2cccc(C)c2)cc1. The third-order valence-corrected chi connectivity index (χ3v) is 5.34. The van der Waals surface area contributed by atoms with E-state index in [1.807, 2.05) is 62.4 Å². The van der Waals surface area contributed by atoms with Crippen molar-refractivity contribution in [2.45, 2.75) is 26.4 Å². The van der Waals surface area contributed by atoms with E-state index in [1.165, 1.54) is 0 Å². The first-order valence-electron chi connectivity index (χ1n) is 10.6. The normalized spacial score (nSPS) is 11.8. The number of imidazole rings is 1. The molecule has 1 N–H and O–H groups in total. The number of nitrogens with one attached hydrogen (secondary N) is 1. The Morgan fingerprint density at radius 2 is 1.81 bits per heavy atom. The average Bonchev–Trinajstić information content (AvgIpc) is 3.18. The van der Waals surface area contributed by atoms with Crippen LogP contribution < -0.4 is 14.8 Å². The van der Waals surface area contributed by atoms with Crippen LogP contribution in [0.15, 0.2) is 72.8 Å². The minimum absolute atomic E-state index is 0.158. The van der Waals surface area contributed by atoms with E-state index in [2.05, 4.69) is 9.88 Å². The zero-order valence-corrected chi connectivity index (χ0v) is 18.5. The van der Waals surface area contributed by atoms with Crippen LogP contribution in [0.25, 0.3) is 11.0 Å². The van der Waals surface area contributed by atoms with Gasteiger partial charge in [0.05, 0.1) is 30.7 Å². The van der Waals surface area contributed by atoms with E-state index in [1.54, 1.807) is 31.4 Å². The number of benzene rings is 3. The summed E-state index contributed by atoms with van der Waals surface area (Å²) >= 11 is 0. The molecule has 6 heteroatoms. The second-order valence-electron chi connectivity index (χ2n) is 7.70. The highest BCUT2D eigenvalue weighted by Gasteiger charge is 2.19. The van der Waals surface area contributed by atoms with Crippen molar-refractivity contribution < 1.29 is 14.3 Å². The van der Waals surface area contributed by atoms with Gasteiger partial charge >= 0.3 is 0 Å². The molecule has 32 heavy (non-hydrogen) atoms. The Labute approximate surface area is 187 Å². The number of aryl methyl sites for hydroxylation is 1. The fourth-order valence-electron chi connectivity index (χ4n) is 3.71. The molecule has 0 aliphatic heterocycles. The summed E-state index contributed by atoms with van der Waals surface area (Å²) in [4.78, 5) is 17.6. The van der Waals surface area contributed by atoms with Crippen LogP contribution in [0.4, 0.5) is 0 Å². The fourth-order valence-corrected chi connectivity index (χ4v) is 3.71. The van der Waals surface area contributed by atoms with Crippen LogP contribution in [-0.2, 0) is 6.54 Å². The smallest absolute Gasteiger partial charge is 0.251 e. The first-order chi connectivity index (χ1) is 15.5. The molecule has 164 valence electrons. The molecule has 0 aliphatic rings. The number of rotatable bonds is 8. The lowest BCUT2D eigenvalue weighted by Gasteiger charge is -2.17. The largest absolute Gasteiger partial charge is 0.497 e. The van der Waals surface area contributed by atoms with Crippen molar-refractivity contribution in [2.75, 3.05) is 13.7 Å². The van der Waals surface area contributed by atoms with E-state index in [0.29, 0.717) is 24.5 Å². The molecule has 3 aromatic carbocycles. The quantitative estimate of drug-likeness (QED) is 0.432. The van der Waals surface area contributed by atoms with Gasteiger partial charge in [0.2, 0.25) is 0 Å². The van der Waals surface area contributed by atoms with Crippen molar-refractivity contribution in [3.05, 3.63) is 89.7 Å². The number of para-hydroxylation sites is 2. The van der Waals surface area contributed by atoms with Crippen molar-refractivity contribution in [1.29, 1.82) is 0 Å². The summed E-state index contributed by atoms with van der Waals surface area (Å²) in [6.45, 7) is 5.10. The lowest BCUT2D eigenvalue weighted by molar-refractivity contribution is 0.0937. The number of ether oxygens (including phenoxy) is 2. The summed E-state index contributed by atoms with van der Waals surface area (Å²) in [5.41, 5.74) is 3.64. The van der Waals surface area contributed by atoms with Gasteiger partial charge in [-0.25, -0.2) is 4.98 Å². The molecule has 4 aromatic rings. The molecule has 1 aromatic heterocycles. The van der Waals surface area contributed by atoms with Gasteiger partial charge < -0.3 is 19.4 Å². The Balaban J connectivity index is 1.52. The lowest BCUT2D eigenvalue weighted by Crippen LogP contribution is -2.29. The van der Waals surface area contributed by atoms with E-state index in [0.717, 1.165) is 28.2 Å². The van der Waals surface area contributed by atoms with Crippen LogP contribution >= 0.6 is 0 Å². The summed E-state index contributed by atoms with van der Waals surface area (Å²) in [7, 11) is 1.60. The number of carbonyl (C=O) groups is 1. The summed E-state index contributed by atoms with van der Waals surface area (Å²) in [6, 6.07) is 22.7. The van der Waals surface area contributed by atoms with Gasteiger partial charge in [0.15, 0.2) is 0 Å². The van der Waals surface area contributed by atoms with Crippen LogP contribution in [0, 0.1) is 6.92 Å². The summed E-state index contributed by atoms with van der Waals surface area (Å²) in [6.07, 6.45) is 0. The van der Waals surface area contributed by atoms with Crippen LogP contribution in [0.5, 0.6) is 11.5 Å². The molecule has 1 unspecified atom stereocenters. The van der Waals surface area contributed by atoms with Crippen molar-refractivity contribution in [3.8, 4) is 11.5 Å². The molecule has 4 rings (SSSR count). The molecular weight excluding hydrogens is 402 g/mol. The number of nitrogens with zero attached hydrogens (tertiary/aromatic N) is 2. The Morgan fingerprint density at radius 3 is 2.56 bits per heavy atom. The van der Waals surface area contributed by atoms with Crippen molar-refractivity contribution >= 4 is 16.9 Å². The highest BCUT2D eigenvalue weighted by Crippen LogP contribution is 2.22. The lowest BCUT2D eigenvalue weighted by atomic mass is 10.2. The molecule has 0 spiro atoms. The van der Waals surface area contributed by atoms with Gasteiger partial charge in [-0.1, -0.05) is 24.3 Å². The highest BCUT2D eigenvalue weighted by molar-refractivity contribution is 5.94. The Bertz CT molecular complexity index is 1210. The topological polar surface area (TPSA) is 65.4 Å². The molecule has 1 heterocycles. The zero-order valence-electron chi connectivity index (χ0n) is 18.5. The molecule has 0 fully saturated rings. The number of methoxy groups -OCH3 is 1. The zero-order chi connectivity index (χ0) is 22.5. The van der Waals surface area contributed by atoms with Crippen molar-refractivity contribution in [3.63, 3.8) is 0 Å². The van der Waals surface area contributed by atoms with E-state index in [9.17, 15) is 4.79 Å². The number of fused-ring (bicyclic) bond motifs is 1. The number of hydrogen-bond donors (Lipinski definition) is 1. The van der Waals surface area contributed by atoms with Crippen molar-refractivity contribution in [2.24, 2.45) is 0 Å². The predicted octanol–water partition coefficient (Wildman–Crippen LogP) is 4.92. The molecule has 1 atom stereocenters. The molecule has 1 amide bonds. The first-order valence-corrected chi connectivity index (χ1v) is 10.6. The second-order valence-corrected chi connectivity index (χ2v) is 7.70. The summed E-state index contributed by atoms with van der Waals surface area (Å²) in [5, 5.41) is 3.06. The number of hydrogen-bond acceptors (Lipinski definition) is 4. The maximum atomic E-state index is 12.8. The Kier molecular flexibility index (Phi) is 6.40. The van der Waals surface area contributed by atoms with Crippen LogP contribution in [-0.4, -0.2) is 29.2 Å². The third-order valence-electron chi connectivity index (χ3n) is 5.34. The summed E-state index contributed by atoms with van der Waals surface area (Å²) in [5.74, 6) is 2.19. The standard InChI is InChI=1S/C26H27N3O3/c1-18-7-6-8-22(17-18)32-16-15-29-24-10-5-4-9-23(24)28-25(29)19(2)27-26(30)20-11-13-21(31-3)14-12-20/h4-14,17,19H,15-16H2,1-3H3,(H,27,30). The molecule has 0 aliphatic carbocycles. The highest BCUT2D eigenvalue weighted by atomic mass is 16.5. The Morgan fingerprint density at radius 1 is 1.03 bits per heavy atom. The second kappa shape index (κ2) is 9.56. The van der Waals surface area contributed by atoms with Gasteiger partial charge in [0, 0.05) is 5.56 Å². The van der Waals surface area contributed by atoms with Gasteiger partial charge in [0.25, 0.3) is 5.91 Å². The number of aromatic nitrogens is 2. The molecule has 6 nitrogen and oxygen atoms in total. The van der Waals surface area contributed by atoms with E-state index in [-0.39, 0.29) is 11.9 Å². The van der Waals surface area contributed by atoms with E-state index in [4.69, 9.17) is 14.5 Å². The minimum Gasteiger partial charge on any atom is -0.497 e. The van der Waals surface area contributed by atoms with Gasteiger partial charge in [-0.15, -0.1) is 0 Å². The Hall–Kier alpha value is -3.80. The molecule has 0 bridgehead atoms. The minimum atomic E-state index is -0.282. The average molecular weight is 430 g/mol. The van der Waals surface area contributed by atoms with E-state index >= 15 is 0 Å². The number of amides is 1. The predicted molar refractivity (Wildman–Crippen MR) is 125 cm³/mol. The maximum absolute atomic E-state index is 12.8. The maximum Gasteiger partial charge on any atom is 0.251 e. The van der Waals surface area contributed by atoms with Gasteiger partial charge in [-0.3, -0.25) is 4.79 Å². The number of carbonyl (C=O) groups excluding carboxylic acids is 1. The third kappa shape index (κ3) is 4.75. The summed E-state index contributed by atoms with van der Waals surface area (Å²) < 4.78 is 13.3. The van der Waals surface area contributed by atoms with Gasteiger partial charge in [-0.2, -0.15) is 0 Å². The first kappa shape index (κ1) is 21.4. The molecule has 0 saturated heterocycles. The fraction of sp³-hybridized carbons (Fsp3) is 0.231. The van der Waals surface area contributed by atoms with Gasteiger partial charge in [0.1, 0.15) is 23.9 Å². The van der Waals surface area contributed by atoms with Gasteiger partial charge in [-0.05, 0) is 67.9 Å². The van der Waals surface area contributed by atoms with Crippen LogP contribution in [0.1, 0.15) is 34.7 Å². The molecular formula is C26H27N3O3. The van der Waals surface area contributed by atoms with Crippen LogP contribution in [0.3, 0.4) is 0 Å².